The number of carbonyl (C=O) groups is 1. The predicted molar refractivity (Wildman–Crippen MR) is 115 cm³/mol. The minimum absolute atomic E-state index is 0.0209. The predicted octanol–water partition coefficient (Wildman–Crippen LogP) is 3.40. The number of hydrogen-bond donors (Lipinski definition) is 2. The number of alkyl halides is 3. The number of nitrogens with one attached hydrogen (secondary N) is 2. The molecule has 0 spiro atoms. The largest absolute Gasteiger partial charge is 0.481 e. The average Bonchev–Trinajstić information content (AvgIpc) is 3.06. The number of sulfone groups is 1. The van der Waals surface area contributed by atoms with Crippen molar-refractivity contribution in [3.05, 3.63) is 41.0 Å². The van der Waals surface area contributed by atoms with E-state index in [-0.39, 0.29) is 17.4 Å². The Morgan fingerprint density at radius 3 is 2.48 bits per heavy atom. The van der Waals surface area contributed by atoms with Gasteiger partial charge in [0.05, 0.1) is 17.0 Å². The van der Waals surface area contributed by atoms with Crippen LogP contribution in [0.1, 0.15) is 66.5 Å². The first-order valence-electron chi connectivity index (χ1n) is 10.4. The molecule has 182 valence electrons. The Bertz CT molecular complexity index is 1130. The third kappa shape index (κ3) is 6.04. The second kappa shape index (κ2) is 8.96. The molecule has 8 nitrogen and oxygen atoms in total. The standard InChI is InChI=1S/C21H27F3N4O4S/c1-12-8-18(28-27-12)20(3,11-33(4,30)31)26-19(29)16-9-17(32-13(2)21(22,23)24)15(10-25-16)14-6-5-7-14/h8-10,13-14H,5-7,11H2,1-4H3,(H,26,29)(H,27,28)/t13-,20?/m0/s1. The van der Waals surface area contributed by atoms with E-state index >= 15 is 0 Å². The molecule has 1 fully saturated rings. The third-order valence-electron chi connectivity index (χ3n) is 5.65. The van der Waals surface area contributed by atoms with Crippen LogP contribution in [0, 0.1) is 6.92 Å². The normalized spacial score (nSPS) is 17.7. The third-order valence-corrected chi connectivity index (χ3v) is 6.75. The first-order valence-corrected chi connectivity index (χ1v) is 12.5. The Morgan fingerprint density at radius 1 is 1.33 bits per heavy atom. The van der Waals surface area contributed by atoms with Crippen LogP contribution in [-0.4, -0.2) is 53.8 Å². The highest BCUT2D eigenvalue weighted by molar-refractivity contribution is 7.90. The van der Waals surface area contributed by atoms with Crippen molar-refractivity contribution in [2.75, 3.05) is 12.0 Å². The van der Waals surface area contributed by atoms with Crippen LogP contribution >= 0.6 is 0 Å². The molecule has 12 heteroatoms. The van der Waals surface area contributed by atoms with Gasteiger partial charge in [0.2, 0.25) is 0 Å². The van der Waals surface area contributed by atoms with Crippen molar-refractivity contribution >= 4 is 15.7 Å². The van der Waals surface area contributed by atoms with Gasteiger partial charge in [-0.2, -0.15) is 18.3 Å². The van der Waals surface area contributed by atoms with E-state index in [1.807, 2.05) is 0 Å². The van der Waals surface area contributed by atoms with Crippen molar-refractivity contribution < 1.29 is 31.1 Å². The number of carbonyl (C=O) groups excluding carboxylic acids is 1. The smallest absolute Gasteiger partial charge is 0.425 e. The first-order chi connectivity index (χ1) is 15.2. The van der Waals surface area contributed by atoms with E-state index < -0.39 is 39.3 Å². The van der Waals surface area contributed by atoms with Crippen LogP contribution in [0.25, 0.3) is 0 Å². The second-order valence-corrected chi connectivity index (χ2v) is 11.0. The van der Waals surface area contributed by atoms with E-state index in [9.17, 15) is 26.4 Å². The van der Waals surface area contributed by atoms with Crippen LogP contribution in [-0.2, 0) is 15.4 Å². The van der Waals surface area contributed by atoms with Gasteiger partial charge in [0.25, 0.3) is 5.91 Å². The summed E-state index contributed by atoms with van der Waals surface area (Å²) in [6.45, 7) is 4.13. The Morgan fingerprint density at radius 2 is 2.00 bits per heavy atom. The second-order valence-electron chi connectivity index (χ2n) is 8.83. The number of aryl methyl sites for hydroxylation is 1. The lowest BCUT2D eigenvalue weighted by atomic mass is 9.80. The summed E-state index contributed by atoms with van der Waals surface area (Å²) in [5, 5.41) is 9.44. The minimum atomic E-state index is -4.57. The summed E-state index contributed by atoms with van der Waals surface area (Å²) in [5.41, 5.74) is -0.0970. The van der Waals surface area contributed by atoms with Crippen molar-refractivity contribution in [2.45, 2.75) is 63.8 Å². The van der Waals surface area contributed by atoms with Gasteiger partial charge in [-0.3, -0.25) is 14.9 Å². The highest BCUT2D eigenvalue weighted by Gasteiger charge is 2.40. The molecule has 1 aliphatic carbocycles. The highest BCUT2D eigenvalue weighted by Crippen LogP contribution is 2.41. The molecule has 2 heterocycles. The molecule has 2 N–H and O–H groups in total. The van der Waals surface area contributed by atoms with Crippen molar-refractivity contribution in [1.29, 1.82) is 0 Å². The van der Waals surface area contributed by atoms with Gasteiger partial charge in [-0.05, 0) is 45.6 Å². The number of nitrogens with zero attached hydrogens (tertiary/aromatic N) is 2. The highest BCUT2D eigenvalue weighted by atomic mass is 32.2. The number of ether oxygens (including phenoxy) is 1. The molecule has 0 aromatic carbocycles. The number of amides is 1. The Hall–Kier alpha value is -2.63. The van der Waals surface area contributed by atoms with Crippen LogP contribution in [0.15, 0.2) is 18.3 Å². The Kier molecular flexibility index (Phi) is 6.79. The molecule has 33 heavy (non-hydrogen) atoms. The zero-order valence-corrected chi connectivity index (χ0v) is 19.6. The number of aromatic nitrogens is 3. The van der Waals surface area contributed by atoms with E-state index in [1.165, 1.54) is 19.2 Å². The molecule has 1 saturated carbocycles. The number of H-pyrrole nitrogens is 1. The maximum absolute atomic E-state index is 13.1. The number of hydrogen-bond acceptors (Lipinski definition) is 6. The molecule has 2 atom stereocenters. The summed E-state index contributed by atoms with van der Waals surface area (Å²) < 4.78 is 68.6. The fourth-order valence-electron chi connectivity index (χ4n) is 3.67. The van der Waals surface area contributed by atoms with Crippen LogP contribution in [0.2, 0.25) is 0 Å². The zero-order valence-electron chi connectivity index (χ0n) is 18.8. The molecule has 0 radical (unpaired) electrons. The number of pyridine rings is 1. The molecular weight excluding hydrogens is 461 g/mol. The van der Waals surface area contributed by atoms with Gasteiger partial charge in [0.1, 0.15) is 21.3 Å². The monoisotopic (exact) mass is 488 g/mol. The lowest BCUT2D eigenvalue weighted by Gasteiger charge is -2.30. The molecule has 2 aromatic rings. The van der Waals surface area contributed by atoms with Crippen molar-refractivity contribution in [3.63, 3.8) is 0 Å². The fraction of sp³-hybridized carbons (Fsp3) is 0.571. The van der Waals surface area contributed by atoms with Crippen LogP contribution in [0.3, 0.4) is 0 Å². The lowest BCUT2D eigenvalue weighted by molar-refractivity contribution is -0.189. The summed E-state index contributed by atoms with van der Waals surface area (Å²) in [6, 6.07) is 2.79. The van der Waals surface area contributed by atoms with Gasteiger partial charge in [-0.25, -0.2) is 8.42 Å². The van der Waals surface area contributed by atoms with Crippen molar-refractivity contribution in [3.8, 4) is 5.75 Å². The van der Waals surface area contributed by atoms with Gasteiger partial charge in [-0.1, -0.05) is 6.42 Å². The van der Waals surface area contributed by atoms with Crippen LogP contribution in [0.4, 0.5) is 13.2 Å². The molecule has 1 unspecified atom stereocenters. The summed E-state index contributed by atoms with van der Waals surface area (Å²) >= 11 is 0. The average molecular weight is 489 g/mol. The van der Waals surface area contributed by atoms with Gasteiger partial charge in [0, 0.05) is 29.8 Å². The van der Waals surface area contributed by atoms with E-state index in [0.29, 0.717) is 17.0 Å². The minimum Gasteiger partial charge on any atom is -0.481 e. The van der Waals surface area contributed by atoms with Gasteiger partial charge in [-0.15, -0.1) is 0 Å². The van der Waals surface area contributed by atoms with Crippen molar-refractivity contribution in [1.82, 2.24) is 20.5 Å². The Labute approximate surface area is 190 Å². The topological polar surface area (TPSA) is 114 Å². The first kappa shape index (κ1) is 25.0. The summed E-state index contributed by atoms with van der Waals surface area (Å²) in [5.74, 6) is -1.23. The molecule has 1 aliphatic rings. The summed E-state index contributed by atoms with van der Waals surface area (Å²) in [6.07, 6.45) is -1.69. The van der Waals surface area contributed by atoms with E-state index in [1.54, 1.807) is 13.0 Å². The molecule has 1 amide bonds. The molecule has 0 aliphatic heterocycles. The SMILES string of the molecule is Cc1cc(C(C)(CS(C)(=O)=O)NC(=O)c2cc(O[C@@H](C)C(F)(F)F)c(C3CCC3)cn2)n[nH]1. The van der Waals surface area contributed by atoms with Gasteiger partial charge < -0.3 is 10.1 Å². The lowest BCUT2D eigenvalue weighted by Crippen LogP contribution is -2.48. The number of aromatic amines is 1. The molecule has 0 bridgehead atoms. The number of rotatable bonds is 8. The maximum atomic E-state index is 13.1. The van der Waals surface area contributed by atoms with Crippen molar-refractivity contribution in [2.24, 2.45) is 0 Å². The number of halogens is 3. The summed E-state index contributed by atoms with van der Waals surface area (Å²) in [7, 11) is -3.54. The van der Waals surface area contributed by atoms with Gasteiger partial charge in [0.15, 0.2) is 6.10 Å². The molecular formula is C21H27F3N4O4S. The quantitative estimate of drug-likeness (QED) is 0.589. The van der Waals surface area contributed by atoms with Crippen LogP contribution < -0.4 is 10.1 Å². The van der Waals surface area contributed by atoms with E-state index in [0.717, 1.165) is 32.4 Å². The maximum Gasteiger partial charge on any atom is 0.425 e. The van der Waals surface area contributed by atoms with Gasteiger partial charge >= 0.3 is 6.18 Å². The van der Waals surface area contributed by atoms with Crippen LogP contribution in [0.5, 0.6) is 5.75 Å². The van der Waals surface area contributed by atoms with E-state index in [4.69, 9.17) is 4.74 Å². The fourth-order valence-corrected chi connectivity index (χ4v) is 4.94. The summed E-state index contributed by atoms with van der Waals surface area (Å²) in [4.78, 5) is 17.2. The molecule has 0 saturated heterocycles. The zero-order chi connectivity index (χ0) is 24.6. The Balaban J connectivity index is 1.93. The molecule has 3 rings (SSSR count). The van der Waals surface area contributed by atoms with E-state index in [2.05, 4.69) is 20.5 Å². The molecule has 2 aromatic heterocycles.